The summed E-state index contributed by atoms with van der Waals surface area (Å²) in [6.45, 7) is 0.191. The van der Waals surface area contributed by atoms with Gasteiger partial charge in [-0.2, -0.15) is 0 Å². The van der Waals surface area contributed by atoms with Crippen LogP contribution in [0.25, 0.3) is 0 Å². The fourth-order valence-electron chi connectivity index (χ4n) is 3.30. The van der Waals surface area contributed by atoms with Crippen molar-refractivity contribution < 1.29 is 22.0 Å². The van der Waals surface area contributed by atoms with E-state index in [1.807, 2.05) is 24.3 Å². The molecule has 0 aliphatic carbocycles. The van der Waals surface area contributed by atoms with Gasteiger partial charge in [-0.15, -0.1) is 0 Å². The minimum atomic E-state index is -3.97. The fourth-order valence-corrected chi connectivity index (χ4v) is 4.22. The largest absolute Gasteiger partial charge is 0.312 e. The van der Waals surface area contributed by atoms with Gasteiger partial charge in [0, 0.05) is 25.2 Å². The van der Waals surface area contributed by atoms with Gasteiger partial charge in [0.25, 0.3) is 0 Å². The van der Waals surface area contributed by atoms with Gasteiger partial charge in [-0.1, -0.05) is 24.3 Å². The third-order valence-electron chi connectivity index (χ3n) is 4.53. The zero-order chi connectivity index (χ0) is 19.6. The van der Waals surface area contributed by atoms with E-state index in [0.717, 1.165) is 48.5 Å². The maximum absolute atomic E-state index is 14.1. The Hall–Kier alpha value is -2.48. The number of sulfonamides is 1. The monoisotopic (exact) mass is 394 g/mol. The van der Waals surface area contributed by atoms with Crippen molar-refractivity contribution >= 4 is 27.3 Å². The van der Waals surface area contributed by atoms with Crippen LogP contribution in [0.1, 0.15) is 18.4 Å². The van der Waals surface area contributed by atoms with Crippen molar-refractivity contribution in [1.29, 1.82) is 0 Å². The SMILES string of the molecule is CS(=O)(=O)N(CCC(=O)N1CCCc2ccccc21)c1c(F)cccc1F. The van der Waals surface area contributed by atoms with Gasteiger partial charge in [-0.25, -0.2) is 17.2 Å². The number of hydrogen-bond donors (Lipinski definition) is 0. The second-order valence-electron chi connectivity index (χ2n) is 6.43. The van der Waals surface area contributed by atoms with Crippen LogP contribution in [-0.4, -0.2) is 33.7 Å². The number of rotatable bonds is 5. The van der Waals surface area contributed by atoms with Crippen molar-refractivity contribution in [3.63, 3.8) is 0 Å². The number of para-hydroxylation sites is 2. The molecule has 27 heavy (non-hydrogen) atoms. The predicted molar refractivity (Wildman–Crippen MR) is 100 cm³/mol. The number of halogens is 2. The van der Waals surface area contributed by atoms with E-state index in [9.17, 15) is 22.0 Å². The van der Waals surface area contributed by atoms with Crippen molar-refractivity contribution in [3.05, 3.63) is 59.7 Å². The molecule has 5 nitrogen and oxygen atoms in total. The first-order valence-electron chi connectivity index (χ1n) is 8.59. The van der Waals surface area contributed by atoms with Gasteiger partial charge in [0.15, 0.2) is 11.6 Å². The standard InChI is InChI=1S/C19H20F2N2O3S/c1-27(25,26)23(19-15(20)8-4-9-16(19)21)13-11-18(24)22-12-5-7-14-6-2-3-10-17(14)22/h2-4,6,8-10H,5,7,11-13H2,1H3. The van der Waals surface area contributed by atoms with E-state index in [2.05, 4.69) is 0 Å². The Morgan fingerprint density at radius 3 is 2.44 bits per heavy atom. The summed E-state index contributed by atoms with van der Waals surface area (Å²) in [4.78, 5) is 14.3. The quantitative estimate of drug-likeness (QED) is 0.783. The molecule has 0 aromatic heterocycles. The minimum Gasteiger partial charge on any atom is -0.312 e. The molecule has 0 saturated carbocycles. The topological polar surface area (TPSA) is 57.7 Å². The summed E-state index contributed by atoms with van der Waals surface area (Å²) in [5.41, 5.74) is 1.20. The van der Waals surface area contributed by atoms with E-state index in [0.29, 0.717) is 10.8 Å². The molecule has 1 aliphatic rings. The molecule has 8 heteroatoms. The van der Waals surface area contributed by atoms with Crippen molar-refractivity contribution in [3.8, 4) is 0 Å². The molecule has 144 valence electrons. The summed E-state index contributed by atoms with van der Waals surface area (Å²) in [5, 5.41) is 0. The molecule has 0 bridgehead atoms. The Bertz CT molecular complexity index is 943. The van der Waals surface area contributed by atoms with Crippen molar-refractivity contribution in [2.45, 2.75) is 19.3 Å². The third-order valence-corrected chi connectivity index (χ3v) is 5.69. The molecule has 1 aliphatic heterocycles. The molecule has 1 heterocycles. The molecule has 0 atom stereocenters. The van der Waals surface area contributed by atoms with Crippen molar-refractivity contribution in [2.24, 2.45) is 0 Å². The van der Waals surface area contributed by atoms with E-state index in [1.165, 1.54) is 0 Å². The summed E-state index contributed by atoms with van der Waals surface area (Å²) >= 11 is 0. The smallest absolute Gasteiger partial charge is 0.232 e. The Kier molecular flexibility index (Phi) is 5.46. The maximum atomic E-state index is 14.1. The van der Waals surface area contributed by atoms with Crippen LogP contribution in [0.15, 0.2) is 42.5 Å². The average molecular weight is 394 g/mol. The lowest BCUT2D eigenvalue weighted by Gasteiger charge is -2.30. The molecule has 0 N–H and O–H groups in total. The first-order chi connectivity index (χ1) is 12.8. The Balaban J connectivity index is 1.82. The van der Waals surface area contributed by atoms with Crippen LogP contribution < -0.4 is 9.21 Å². The number of amides is 1. The third kappa shape index (κ3) is 4.10. The van der Waals surface area contributed by atoms with E-state index in [4.69, 9.17) is 0 Å². The van der Waals surface area contributed by atoms with Crippen LogP contribution in [0.4, 0.5) is 20.2 Å². The van der Waals surface area contributed by atoms with Crippen LogP contribution in [0.3, 0.4) is 0 Å². The number of fused-ring (bicyclic) bond motifs is 1. The summed E-state index contributed by atoms with van der Waals surface area (Å²) < 4.78 is 52.9. The molecule has 1 amide bonds. The van der Waals surface area contributed by atoms with E-state index in [1.54, 1.807) is 4.90 Å². The summed E-state index contributed by atoms with van der Waals surface area (Å²) in [5.74, 6) is -2.26. The number of hydrogen-bond acceptors (Lipinski definition) is 3. The minimum absolute atomic E-state index is 0.185. The molecule has 2 aromatic carbocycles. The van der Waals surface area contributed by atoms with Crippen LogP contribution in [0.2, 0.25) is 0 Å². The van der Waals surface area contributed by atoms with Gasteiger partial charge in [0.05, 0.1) is 6.26 Å². The second kappa shape index (κ2) is 7.64. The number of aryl methyl sites for hydroxylation is 1. The summed E-state index contributed by atoms with van der Waals surface area (Å²) in [7, 11) is -3.97. The van der Waals surface area contributed by atoms with Gasteiger partial charge >= 0.3 is 0 Å². The highest BCUT2D eigenvalue weighted by Crippen LogP contribution is 2.29. The number of carbonyl (C=O) groups excluding carboxylic acids is 1. The van der Waals surface area contributed by atoms with Gasteiger partial charge in [-0.05, 0) is 36.6 Å². The number of benzene rings is 2. The first-order valence-corrected chi connectivity index (χ1v) is 10.4. The van der Waals surface area contributed by atoms with Crippen LogP contribution in [0, 0.1) is 11.6 Å². The Morgan fingerprint density at radius 2 is 1.78 bits per heavy atom. The molecule has 0 saturated heterocycles. The van der Waals surface area contributed by atoms with Crippen molar-refractivity contribution in [2.75, 3.05) is 28.6 Å². The average Bonchev–Trinajstić information content (AvgIpc) is 2.62. The summed E-state index contributed by atoms with van der Waals surface area (Å²) in [6.07, 6.45) is 2.35. The molecule has 0 spiro atoms. The molecular weight excluding hydrogens is 374 g/mol. The highest BCUT2D eigenvalue weighted by Gasteiger charge is 2.27. The Morgan fingerprint density at radius 1 is 1.11 bits per heavy atom. The zero-order valence-electron chi connectivity index (χ0n) is 14.9. The fraction of sp³-hybridized carbons (Fsp3) is 0.316. The Labute approximate surface area is 157 Å². The maximum Gasteiger partial charge on any atom is 0.232 e. The van der Waals surface area contributed by atoms with E-state index >= 15 is 0 Å². The van der Waals surface area contributed by atoms with Crippen LogP contribution in [-0.2, 0) is 21.2 Å². The number of carbonyl (C=O) groups is 1. The molecule has 2 aromatic rings. The van der Waals surface area contributed by atoms with Gasteiger partial charge < -0.3 is 4.90 Å². The first kappa shape index (κ1) is 19.3. The lowest BCUT2D eigenvalue weighted by atomic mass is 10.0. The predicted octanol–water partition coefficient (Wildman–Crippen LogP) is 3.10. The molecular formula is C19H20F2N2O3S. The number of anilines is 2. The van der Waals surface area contributed by atoms with Crippen molar-refractivity contribution in [1.82, 2.24) is 0 Å². The lowest BCUT2D eigenvalue weighted by Crippen LogP contribution is -2.39. The highest BCUT2D eigenvalue weighted by atomic mass is 32.2. The highest BCUT2D eigenvalue weighted by molar-refractivity contribution is 7.92. The second-order valence-corrected chi connectivity index (χ2v) is 8.34. The molecule has 0 fully saturated rings. The van der Waals surface area contributed by atoms with Gasteiger partial charge in [0.1, 0.15) is 5.69 Å². The van der Waals surface area contributed by atoms with Gasteiger partial charge in [0.2, 0.25) is 15.9 Å². The van der Waals surface area contributed by atoms with E-state index in [-0.39, 0.29) is 18.9 Å². The summed E-state index contributed by atoms with van der Waals surface area (Å²) in [6, 6.07) is 10.7. The van der Waals surface area contributed by atoms with Crippen LogP contribution >= 0.6 is 0 Å². The van der Waals surface area contributed by atoms with E-state index < -0.39 is 27.3 Å². The lowest BCUT2D eigenvalue weighted by molar-refractivity contribution is -0.118. The molecule has 0 unspecified atom stereocenters. The van der Waals surface area contributed by atoms with Gasteiger partial charge in [-0.3, -0.25) is 9.10 Å². The zero-order valence-corrected chi connectivity index (χ0v) is 15.7. The van der Waals surface area contributed by atoms with Crippen LogP contribution in [0.5, 0.6) is 0 Å². The molecule has 3 rings (SSSR count). The molecule has 0 radical (unpaired) electrons. The normalized spacial score (nSPS) is 14.0. The number of nitrogens with zero attached hydrogens (tertiary/aromatic N) is 2.